The Kier molecular flexibility index (Phi) is 2.09. The van der Waals surface area contributed by atoms with Crippen LogP contribution in [0.1, 0.15) is 26.2 Å². The van der Waals surface area contributed by atoms with E-state index >= 15 is 0 Å². The summed E-state index contributed by atoms with van der Waals surface area (Å²) < 4.78 is 4.84. The van der Waals surface area contributed by atoms with Crippen molar-refractivity contribution in [2.24, 2.45) is 0 Å². The van der Waals surface area contributed by atoms with E-state index in [-0.39, 0.29) is 5.97 Å². The van der Waals surface area contributed by atoms with Gasteiger partial charge in [-0.3, -0.25) is 4.79 Å². The third-order valence-corrected chi connectivity index (χ3v) is 1.53. The van der Waals surface area contributed by atoms with Crippen LogP contribution in [0.15, 0.2) is 0 Å². The number of hydrogen-bond donors (Lipinski definition) is 0. The molecule has 0 atom stereocenters. The van der Waals surface area contributed by atoms with Gasteiger partial charge in [0, 0.05) is 0 Å². The van der Waals surface area contributed by atoms with Gasteiger partial charge in [0.1, 0.15) is 0 Å². The van der Waals surface area contributed by atoms with E-state index in [2.05, 4.69) is 0 Å². The van der Waals surface area contributed by atoms with E-state index in [1.165, 1.54) is 0 Å². The highest BCUT2D eigenvalue weighted by molar-refractivity contribution is 5.84. The quantitative estimate of drug-likeness (QED) is 0.458. The molecule has 1 heterocycles. The summed E-state index contributed by atoms with van der Waals surface area (Å²) in [6.07, 6.45) is 3.03. The summed E-state index contributed by atoms with van der Waals surface area (Å²) in [6, 6.07) is 0. The molecule has 0 saturated carbocycles. The summed E-state index contributed by atoms with van der Waals surface area (Å²) in [5.74, 6) is 0.764. The molecule has 0 unspecified atom stereocenters. The van der Waals surface area contributed by atoms with Gasteiger partial charge >= 0.3 is 5.97 Å². The van der Waals surface area contributed by atoms with Crippen molar-refractivity contribution in [3.05, 3.63) is 5.92 Å². The lowest BCUT2D eigenvalue weighted by atomic mass is 10.1. The van der Waals surface area contributed by atoms with Crippen molar-refractivity contribution >= 4 is 5.97 Å². The number of rotatable bonds is 0. The van der Waals surface area contributed by atoms with Crippen LogP contribution in [0.2, 0.25) is 0 Å². The molecule has 0 bridgehead atoms. The molecular formula is C7H11O2. The Morgan fingerprint density at radius 2 is 2.22 bits per heavy atom. The minimum absolute atomic E-state index is 0.104. The SMILES string of the molecule is C[C]1CCCCOC1=O. The molecule has 1 aliphatic heterocycles. The molecule has 2 heteroatoms. The first-order valence-corrected chi connectivity index (χ1v) is 3.30. The van der Waals surface area contributed by atoms with Crippen LogP contribution in [0.4, 0.5) is 0 Å². The van der Waals surface area contributed by atoms with Crippen LogP contribution < -0.4 is 0 Å². The van der Waals surface area contributed by atoms with E-state index < -0.39 is 0 Å². The van der Waals surface area contributed by atoms with Gasteiger partial charge in [0.05, 0.1) is 12.5 Å². The molecule has 0 spiro atoms. The Morgan fingerprint density at radius 3 is 3.00 bits per heavy atom. The molecule has 51 valence electrons. The lowest BCUT2D eigenvalue weighted by Gasteiger charge is -2.01. The van der Waals surface area contributed by atoms with Crippen molar-refractivity contribution in [1.29, 1.82) is 0 Å². The number of carbonyl (C=O) groups excluding carboxylic acids is 1. The second-order valence-corrected chi connectivity index (χ2v) is 2.37. The predicted octanol–water partition coefficient (Wildman–Crippen LogP) is 1.31. The van der Waals surface area contributed by atoms with Gasteiger partial charge in [-0.1, -0.05) is 0 Å². The Morgan fingerprint density at radius 1 is 1.44 bits per heavy atom. The Balaban J connectivity index is 2.41. The first-order valence-electron chi connectivity index (χ1n) is 3.30. The van der Waals surface area contributed by atoms with Gasteiger partial charge in [-0.2, -0.15) is 0 Å². The maximum absolute atomic E-state index is 10.8. The molecule has 1 fully saturated rings. The van der Waals surface area contributed by atoms with Crippen LogP contribution in [-0.4, -0.2) is 12.6 Å². The highest BCUT2D eigenvalue weighted by Gasteiger charge is 2.17. The van der Waals surface area contributed by atoms with Gasteiger partial charge < -0.3 is 4.74 Å². The standard InChI is InChI=1S/C7H11O2/c1-6-4-2-3-5-9-7(6)8/h2-5H2,1H3. The Bertz CT molecular complexity index is 109. The fraction of sp³-hybridized carbons (Fsp3) is 0.714. The smallest absolute Gasteiger partial charge is 0.312 e. The average Bonchev–Trinajstić information content (AvgIpc) is 1.99. The highest BCUT2D eigenvalue weighted by atomic mass is 16.5. The van der Waals surface area contributed by atoms with E-state index in [0.29, 0.717) is 6.61 Å². The first kappa shape index (κ1) is 6.59. The molecule has 1 aliphatic rings. The lowest BCUT2D eigenvalue weighted by molar-refractivity contribution is -0.140. The molecule has 0 N–H and O–H groups in total. The third-order valence-electron chi connectivity index (χ3n) is 1.53. The van der Waals surface area contributed by atoms with Gasteiger partial charge in [-0.15, -0.1) is 0 Å². The maximum atomic E-state index is 10.8. The van der Waals surface area contributed by atoms with E-state index in [1.54, 1.807) is 0 Å². The van der Waals surface area contributed by atoms with Crippen LogP contribution in [0, 0.1) is 5.92 Å². The van der Waals surface area contributed by atoms with E-state index in [4.69, 9.17) is 4.74 Å². The van der Waals surface area contributed by atoms with Crippen molar-refractivity contribution in [2.75, 3.05) is 6.61 Å². The normalized spacial score (nSPS) is 23.0. The van der Waals surface area contributed by atoms with Crippen LogP contribution in [0.5, 0.6) is 0 Å². The van der Waals surface area contributed by atoms with E-state index in [0.717, 1.165) is 25.2 Å². The molecule has 0 aliphatic carbocycles. The summed E-state index contributed by atoms with van der Waals surface area (Å²) in [7, 11) is 0. The number of ether oxygens (including phenoxy) is 1. The number of esters is 1. The molecule has 0 amide bonds. The monoisotopic (exact) mass is 127 g/mol. The van der Waals surface area contributed by atoms with Gasteiger partial charge in [0.25, 0.3) is 0 Å². The van der Waals surface area contributed by atoms with Gasteiger partial charge in [-0.05, 0) is 26.2 Å². The van der Waals surface area contributed by atoms with Crippen LogP contribution >= 0.6 is 0 Å². The molecule has 9 heavy (non-hydrogen) atoms. The van der Waals surface area contributed by atoms with Crippen molar-refractivity contribution in [2.45, 2.75) is 26.2 Å². The minimum Gasteiger partial charge on any atom is -0.465 e. The lowest BCUT2D eigenvalue weighted by Crippen LogP contribution is -2.09. The second kappa shape index (κ2) is 2.85. The predicted molar refractivity (Wildman–Crippen MR) is 33.7 cm³/mol. The first-order chi connectivity index (χ1) is 4.30. The summed E-state index contributed by atoms with van der Waals surface area (Å²) >= 11 is 0. The molecule has 0 aromatic heterocycles. The second-order valence-electron chi connectivity index (χ2n) is 2.37. The molecule has 1 saturated heterocycles. The highest BCUT2D eigenvalue weighted by Crippen LogP contribution is 2.15. The summed E-state index contributed by atoms with van der Waals surface area (Å²) in [6.45, 7) is 2.45. The van der Waals surface area contributed by atoms with Crippen LogP contribution in [-0.2, 0) is 9.53 Å². The molecule has 0 aromatic rings. The van der Waals surface area contributed by atoms with Crippen molar-refractivity contribution in [3.8, 4) is 0 Å². The minimum atomic E-state index is -0.104. The average molecular weight is 127 g/mol. The third kappa shape index (κ3) is 1.70. The largest absolute Gasteiger partial charge is 0.465 e. The van der Waals surface area contributed by atoms with Crippen LogP contribution in [0.25, 0.3) is 0 Å². The summed E-state index contributed by atoms with van der Waals surface area (Å²) in [5, 5.41) is 0. The van der Waals surface area contributed by atoms with Gasteiger partial charge in [0.2, 0.25) is 0 Å². The Hall–Kier alpha value is -0.530. The maximum Gasteiger partial charge on any atom is 0.312 e. The zero-order valence-electron chi connectivity index (χ0n) is 5.64. The molecule has 0 aromatic carbocycles. The zero-order chi connectivity index (χ0) is 6.69. The Labute approximate surface area is 55.2 Å². The van der Waals surface area contributed by atoms with E-state index in [9.17, 15) is 4.79 Å². The van der Waals surface area contributed by atoms with Crippen molar-refractivity contribution in [1.82, 2.24) is 0 Å². The van der Waals surface area contributed by atoms with E-state index in [1.807, 2.05) is 6.92 Å². The molecule has 1 rings (SSSR count). The fourth-order valence-electron chi connectivity index (χ4n) is 0.882. The van der Waals surface area contributed by atoms with Crippen LogP contribution in [0.3, 0.4) is 0 Å². The summed E-state index contributed by atoms with van der Waals surface area (Å²) in [5.41, 5.74) is 0. The zero-order valence-corrected chi connectivity index (χ0v) is 5.64. The molecule has 1 radical (unpaired) electrons. The number of carbonyl (C=O) groups is 1. The summed E-state index contributed by atoms with van der Waals surface area (Å²) in [4.78, 5) is 10.8. The fourth-order valence-corrected chi connectivity index (χ4v) is 0.882. The topological polar surface area (TPSA) is 26.3 Å². The van der Waals surface area contributed by atoms with Crippen molar-refractivity contribution in [3.63, 3.8) is 0 Å². The molecule has 2 nitrogen and oxygen atoms in total. The molecular weight excluding hydrogens is 116 g/mol. The number of cyclic esters (lactones) is 1. The van der Waals surface area contributed by atoms with Crippen molar-refractivity contribution < 1.29 is 9.53 Å². The van der Waals surface area contributed by atoms with Gasteiger partial charge in [-0.25, -0.2) is 0 Å². The number of hydrogen-bond acceptors (Lipinski definition) is 2. The van der Waals surface area contributed by atoms with Gasteiger partial charge in [0.15, 0.2) is 0 Å².